The molecule has 0 fully saturated rings. The number of amides is 1. The molecule has 0 saturated carbocycles. The van der Waals surface area contributed by atoms with Crippen LogP contribution in [-0.2, 0) is 0 Å². The van der Waals surface area contributed by atoms with Crippen LogP contribution in [0, 0.1) is 6.92 Å². The minimum absolute atomic E-state index is 0.208. The van der Waals surface area contributed by atoms with E-state index in [1.165, 1.54) is 17.5 Å². The summed E-state index contributed by atoms with van der Waals surface area (Å²) in [5.41, 5.74) is 2.53. The Balaban J connectivity index is 1.92. The highest BCUT2D eigenvalue weighted by Crippen LogP contribution is 2.28. The van der Waals surface area contributed by atoms with Crippen LogP contribution in [0.15, 0.2) is 30.6 Å². The Morgan fingerprint density at radius 3 is 3.06 bits per heavy atom. The first kappa shape index (κ1) is 10.9. The van der Waals surface area contributed by atoms with E-state index in [-0.39, 0.29) is 5.91 Å². The number of aromatic nitrogens is 3. The lowest BCUT2D eigenvalue weighted by Gasteiger charge is -1.96. The summed E-state index contributed by atoms with van der Waals surface area (Å²) in [5, 5.41) is 9.71. The van der Waals surface area contributed by atoms with E-state index < -0.39 is 0 Å². The second kappa shape index (κ2) is 4.23. The Labute approximate surface area is 107 Å². The van der Waals surface area contributed by atoms with Crippen molar-refractivity contribution in [1.82, 2.24) is 15.2 Å². The van der Waals surface area contributed by atoms with Crippen LogP contribution in [0.2, 0.25) is 0 Å². The van der Waals surface area contributed by atoms with Gasteiger partial charge in [-0.2, -0.15) is 5.10 Å². The average molecular weight is 258 g/mol. The van der Waals surface area contributed by atoms with Crippen molar-refractivity contribution in [2.45, 2.75) is 6.92 Å². The third kappa shape index (κ3) is 1.86. The minimum atomic E-state index is -0.208. The summed E-state index contributed by atoms with van der Waals surface area (Å²) >= 11 is 1.46. The van der Waals surface area contributed by atoms with Crippen molar-refractivity contribution < 1.29 is 4.79 Å². The number of nitrogens with zero attached hydrogens (tertiary/aromatic N) is 2. The van der Waals surface area contributed by atoms with Gasteiger partial charge in [0.05, 0.1) is 22.0 Å². The summed E-state index contributed by atoms with van der Waals surface area (Å²) in [6.07, 6.45) is 3.03. The zero-order valence-electron chi connectivity index (χ0n) is 9.60. The molecule has 3 rings (SSSR count). The van der Waals surface area contributed by atoms with Crippen LogP contribution < -0.4 is 5.32 Å². The molecule has 1 aromatic carbocycles. The van der Waals surface area contributed by atoms with Gasteiger partial charge in [0.2, 0.25) is 0 Å². The van der Waals surface area contributed by atoms with Crippen molar-refractivity contribution in [3.63, 3.8) is 0 Å². The van der Waals surface area contributed by atoms with E-state index >= 15 is 0 Å². The fourth-order valence-electron chi connectivity index (χ4n) is 1.68. The second-order valence-corrected chi connectivity index (χ2v) is 4.91. The number of H-pyrrole nitrogens is 1. The lowest BCUT2D eigenvalue weighted by atomic mass is 10.2. The second-order valence-electron chi connectivity index (χ2n) is 3.88. The van der Waals surface area contributed by atoms with E-state index in [2.05, 4.69) is 20.5 Å². The fourth-order valence-corrected chi connectivity index (χ4v) is 2.62. The largest absolute Gasteiger partial charge is 0.298 e. The van der Waals surface area contributed by atoms with Gasteiger partial charge in [0.25, 0.3) is 5.91 Å². The summed E-state index contributed by atoms with van der Waals surface area (Å²) in [4.78, 5) is 16.3. The molecule has 90 valence electrons. The highest BCUT2D eigenvalue weighted by molar-refractivity contribution is 7.22. The molecule has 2 N–H and O–H groups in total. The summed E-state index contributed by atoms with van der Waals surface area (Å²) in [6.45, 7) is 2.00. The summed E-state index contributed by atoms with van der Waals surface area (Å²) in [5.74, 6) is -0.208. The Hall–Kier alpha value is -2.21. The van der Waals surface area contributed by atoms with Gasteiger partial charge in [-0.25, -0.2) is 4.98 Å². The predicted molar refractivity (Wildman–Crippen MR) is 70.9 cm³/mol. The number of aromatic amines is 1. The SMILES string of the molecule is Cc1cccc2sc(NC(=O)c3cn[nH]c3)nc12. The zero-order chi connectivity index (χ0) is 12.5. The topological polar surface area (TPSA) is 70.7 Å². The molecular formula is C12H10N4OS. The third-order valence-corrected chi connectivity index (χ3v) is 3.54. The Morgan fingerprint density at radius 2 is 2.33 bits per heavy atom. The number of anilines is 1. The normalized spacial score (nSPS) is 10.7. The number of aryl methyl sites for hydroxylation is 1. The van der Waals surface area contributed by atoms with E-state index in [1.807, 2.05) is 25.1 Å². The van der Waals surface area contributed by atoms with Crippen LogP contribution in [0.1, 0.15) is 15.9 Å². The van der Waals surface area contributed by atoms with Gasteiger partial charge in [0.1, 0.15) is 0 Å². The molecule has 2 heterocycles. The van der Waals surface area contributed by atoms with Crippen molar-refractivity contribution in [3.05, 3.63) is 41.7 Å². The maximum absolute atomic E-state index is 11.8. The minimum Gasteiger partial charge on any atom is -0.298 e. The lowest BCUT2D eigenvalue weighted by Crippen LogP contribution is -2.10. The van der Waals surface area contributed by atoms with Crippen molar-refractivity contribution in [3.8, 4) is 0 Å². The van der Waals surface area contributed by atoms with Crippen LogP contribution in [0.4, 0.5) is 5.13 Å². The van der Waals surface area contributed by atoms with Crippen molar-refractivity contribution >= 4 is 32.6 Å². The fraction of sp³-hybridized carbons (Fsp3) is 0.0833. The smallest absolute Gasteiger partial charge is 0.260 e. The van der Waals surface area contributed by atoms with Crippen LogP contribution in [0.25, 0.3) is 10.2 Å². The molecule has 0 bridgehead atoms. The molecular weight excluding hydrogens is 248 g/mol. The molecule has 0 saturated heterocycles. The monoisotopic (exact) mass is 258 g/mol. The van der Waals surface area contributed by atoms with Gasteiger partial charge < -0.3 is 0 Å². The zero-order valence-corrected chi connectivity index (χ0v) is 10.4. The summed E-state index contributed by atoms with van der Waals surface area (Å²) in [6, 6.07) is 5.98. The number of thiazole rings is 1. The van der Waals surface area contributed by atoms with Gasteiger partial charge in [0, 0.05) is 6.20 Å². The van der Waals surface area contributed by atoms with E-state index in [9.17, 15) is 4.79 Å². The molecule has 0 spiro atoms. The first-order valence-corrected chi connectivity index (χ1v) is 6.22. The number of fused-ring (bicyclic) bond motifs is 1. The van der Waals surface area contributed by atoms with Gasteiger partial charge >= 0.3 is 0 Å². The number of rotatable bonds is 2. The molecule has 1 amide bonds. The Bertz CT molecular complexity index is 702. The summed E-state index contributed by atoms with van der Waals surface area (Å²) < 4.78 is 1.07. The van der Waals surface area contributed by atoms with E-state index in [0.717, 1.165) is 15.8 Å². The van der Waals surface area contributed by atoms with Crippen molar-refractivity contribution in [1.29, 1.82) is 0 Å². The molecule has 0 aliphatic rings. The average Bonchev–Trinajstić information content (AvgIpc) is 2.97. The Kier molecular flexibility index (Phi) is 2.56. The maximum atomic E-state index is 11.8. The number of carbonyl (C=O) groups is 1. The molecule has 5 nitrogen and oxygen atoms in total. The molecule has 0 aliphatic heterocycles. The quantitative estimate of drug-likeness (QED) is 0.742. The van der Waals surface area contributed by atoms with Crippen molar-refractivity contribution in [2.75, 3.05) is 5.32 Å². The maximum Gasteiger partial charge on any atom is 0.260 e. The standard InChI is InChI=1S/C12H10N4OS/c1-7-3-2-4-9-10(7)15-12(18-9)16-11(17)8-5-13-14-6-8/h2-6H,1H3,(H,13,14)(H,15,16,17). The predicted octanol–water partition coefficient (Wildman–Crippen LogP) is 2.58. The first-order valence-electron chi connectivity index (χ1n) is 5.40. The summed E-state index contributed by atoms with van der Waals surface area (Å²) in [7, 11) is 0. The molecule has 0 radical (unpaired) electrons. The van der Waals surface area contributed by atoms with Crippen LogP contribution in [-0.4, -0.2) is 21.1 Å². The first-order chi connectivity index (χ1) is 8.74. The Morgan fingerprint density at radius 1 is 1.44 bits per heavy atom. The highest BCUT2D eigenvalue weighted by Gasteiger charge is 2.11. The number of nitrogens with one attached hydrogen (secondary N) is 2. The number of para-hydroxylation sites is 1. The van der Waals surface area contributed by atoms with Crippen LogP contribution in [0.5, 0.6) is 0 Å². The van der Waals surface area contributed by atoms with Crippen molar-refractivity contribution in [2.24, 2.45) is 0 Å². The van der Waals surface area contributed by atoms with Crippen LogP contribution >= 0.6 is 11.3 Å². The molecule has 0 aliphatic carbocycles. The van der Waals surface area contributed by atoms with Crippen LogP contribution in [0.3, 0.4) is 0 Å². The van der Waals surface area contributed by atoms with Gasteiger partial charge in [-0.1, -0.05) is 23.5 Å². The van der Waals surface area contributed by atoms with Gasteiger partial charge in [0.15, 0.2) is 5.13 Å². The molecule has 6 heteroatoms. The number of benzene rings is 1. The van der Waals surface area contributed by atoms with E-state index in [4.69, 9.17) is 0 Å². The van der Waals surface area contributed by atoms with E-state index in [0.29, 0.717) is 10.7 Å². The van der Waals surface area contributed by atoms with E-state index in [1.54, 1.807) is 6.20 Å². The number of hydrogen-bond donors (Lipinski definition) is 2. The number of hydrogen-bond acceptors (Lipinski definition) is 4. The molecule has 0 atom stereocenters. The molecule has 2 aromatic heterocycles. The van der Waals surface area contributed by atoms with Gasteiger partial charge in [-0.3, -0.25) is 15.2 Å². The molecule has 0 unspecified atom stereocenters. The highest BCUT2D eigenvalue weighted by atomic mass is 32.1. The van der Waals surface area contributed by atoms with Gasteiger partial charge in [-0.05, 0) is 18.6 Å². The molecule has 18 heavy (non-hydrogen) atoms. The third-order valence-electron chi connectivity index (χ3n) is 2.60. The number of carbonyl (C=O) groups excluding carboxylic acids is 1. The lowest BCUT2D eigenvalue weighted by molar-refractivity contribution is 0.102. The molecule has 3 aromatic rings. The van der Waals surface area contributed by atoms with Gasteiger partial charge in [-0.15, -0.1) is 0 Å².